The molecule has 0 bridgehead atoms. The van der Waals surface area contributed by atoms with E-state index in [2.05, 4.69) is 20.7 Å². The maximum absolute atomic E-state index is 12.4. The van der Waals surface area contributed by atoms with E-state index in [1.807, 2.05) is 72.8 Å². The molecule has 0 saturated heterocycles. The predicted molar refractivity (Wildman–Crippen MR) is 120 cm³/mol. The first kappa shape index (κ1) is 19.1. The second-order valence-corrected chi connectivity index (χ2v) is 6.52. The van der Waals surface area contributed by atoms with E-state index in [4.69, 9.17) is 4.74 Å². The number of aromatic nitrogens is 2. The van der Waals surface area contributed by atoms with E-state index in [1.54, 1.807) is 19.3 Å². The zero-order chi connectivity index (χ0) is 20.8. The van der Waals surface area contributed by atoms with Gasteiger partial charge in [-0.25, -0.2) is 5.43 Å². The summed E-state index contributed by atoms with van der Waals surface area (Å²) in [4.78, 5) is 12.4. The fourth-order valence-electron chi connectivity index (χ4n) is 3.17. The Kier molecular flexibility index (Phi) is 5.66. The predicted octanol–water partition coefficient (Wildman–Crippen LogP) is 4.67. The van der Waals surface area contributed by atoms with Crippen molar-refractivity contribution in [3.8, 4) is 17.0 Å². The number of hydrogen-bond donors (Lipinski definition) is 2. The molecule has 3 aromatic carbocycles. The molecule has 4 rings (SSSR count). The van der Waals surface area contributed by atoms with Gasteiger partial charge in [0.25, 0.3) is 5.91 Å². The van der Waals surface area contributed by atoms with Crippen molar-refractivity contribution in [2.24, 2.45) is 5.10 Å². The highest BCUT2D eigenvalue weighted by Gasteiger charge is 2.16. The lowest BCUT2D eigenvalue weighted by molar-refractivity contribution is 0.0950. The maximum Gasteiger partial charge on any atom is 0.289 e. The summed E-state index contributed by atoms with van der Waals surface area (Å²) in [6.45, 7) is 0. The third kappa shape index (κ3) is 4.12. The van der Waals surface area contributed by atoms with E-state index in [9.17, 15) is 4.79 Å². The van der Waals surface area contributed by atoms with Gasteiger partial charge in [0.2, 0.25) is 0 Å². The molecule has 6 heteroatoms. The number of nitrogens with zero attached hydrogens (tertiary/aromatic N) is 2. The highest BCUT2D eigenvalue weighted by Crippen LogP contribution is 2.36. The third-order valence-electron chi connectivity index (χ3n) is 4.60. The minimum absolute atomic E-state index is 0.309. The third-order valence-corrected chi connectivity index (χ3v) is 4.60. The maximum atomic E-state index is 12.4. The van der Waals surface area contributed by atoms with Gasteiger partial charge in [-0.2, -0.15) is 10.2 Å². The van der Waals surface area contributed by atoms with Gasteiger partial charge in [-0.1, -0.05) is 66.7 Å². The molecule has 0 spiro atoms. The average Bonchev–Trinajstić information content (AvgIpc) is 3.28. The fourth-order valence-corrected chi connectivity index (χ4v) is 3.17. The molecule has 2 N–H and O–H groups in total. The Labute approximate surface area is 173 Å². The molecule has 1 heterocycles. The van der Waals surface area contributed by atoms with Gasteiger partial charge in [0.05, 0.1) is 18.4 Å². The lowest BCUT2D eigenvalue weighted by Gasteiger charge is -2.09. The average molecular weight is 396 g/mol. The number of fused-ring (bicyclic) bond motifs is 1. The number of amides is 1. The number of ether oxygens (including phenoxy) is 1. The Bertz CT molecular complexity index is 1230. The molecular formula is C24H20N4O2. The first-order chi connectivity index (χ1) is 14.8. The Morgan fingerprint density at radius 2 is 1.87 bits per heavy atom. The van der Waals surface area contributed by atoms with Gasteiger partial charge >= 0.3 is 0 Å². The molecule has 0 aliphatic carbocycles. The van der Waals surface area contributed by atoms with Crippen LogP contribution in [-0.4, -0.2) is 29.4 Å². The number of allylic oxidation sites excluding steroid dienone is 1. The Morgan fingerprint density at radius 3 is 2.70 bits per heavy atom. The Balaban J connectivity index is 1.50. The zero-order valence-electron chi connectivity index (χ0n) is 16.4. The van der Waals surface area contributed by atoms with Crippen LogP contribution >= 0.6 is 0 Å². The number of methoxy groups -OCH3 is 1. The highest BCUT2D eigenvalue weighted by molar-refractivity contribution is 6.00. The minimum atomic E-state index is -0.377. The number of hydrazone groups is 1. The number of H-pyrrole nitrogens is 1. The van der Waals surface area contributed by atoms with Crippen LogP contribution in [0.3, 0.4) is 0 Å². The minimum Gasteiger partial charge on any atom is -0.496 e. The summed E-state index contributed by atoms with van der Waals surface area (Å²) < 4.78 is 5.52. The van der Waals surface area contributed by atoms with E-state index >= 15 is 0 Å². The smallest absolute Gasteiger partial charge is 0.289 e. The molecule has 4 aromatic rings. The molecule has 0 aliphatic rings. The van der Waals surface area contributed by atoms with Crippen LogP contribution in [0.15, 0.2) is 84.0 Å². The molecular weight excluding hydrogens is 376 g/mol. The van der Waals surface area contributed by atoms with E-state index < -0.39 is 0 Å². The number of nitrogens with one attached hydrogen (secondary N) is 2. The molecule has 0 fully saturated rings. The summed E-state index contributed by atoms with van der Waals surface area (Å²) in [5.74, 6) is 0.313. The lowest BCUT2D eigenvalue weighted by atomic mass is 10.0. The van der Waals surface area contributed by atoms with Crippen LogP contribution in [0.1, 0.15) is 16.1 Å². The van der Waals surface area contributed by atoms with Crippen molar-refractivity contribution in [3.05, 3.63) is 90.1 Å². The summed E-state index contributed by atoms with van der Waals surface area (Å²) in [6, 6.07) is 23.4. The SMILES string of the molecule is COc1ccc2ccccc2c1-c1cc(C(=O)N/N=C/C=C/c2ccccc2)[nH]n1. The zero-order valence-corrected chi connectivity index (χ0v) is 16.4. The van der Waals surface area contributed by atoms with Gasteiger partial charge in [-0.15, -0.1) is 0 Å². The van der Waals surface area contributed by atoms with E-state index in [0.717, 1.165) is 21.9 Å². The summed E-state index contributed by atoms with van der Waals surface area (Å²) >= 11 is 0. The molecule has 1 amide bonds. The van der Waals surface area contributed by atoms with E-state index in [-0.39, 0.29) is 5.91 Å². The molecule has 1 aromatic heterocycles. The monoisotopic (exact) mass is 396 g/mol. The molecule has 30 heavy (non-hydrogen) atoms. The number of carbonyl (C=O) groups is 1. The molecule has 148 valence electrons. The molecule has 0 unspecified atom stereocenters. The summed E-state index contributed by atoms with van der Waals surface area (Å²) in [7, 11) is 1.62. The van der Waals surface area contributed by atoms with Crippen molar-refractivity contribution >= 4 is 29.0 Å². The van der Waals surface area contributed by atoms with Crippen molar-refractivity contribution in [1.29, 1.82) is 0 Å². The van der Waals surface area contributed by atoms with Crippen molar-refractivity contribution in [2.45, 2.75) is 0 Å². The van der Waals surface area contributed by atoms with Gasteiger partial charge in [0.15, 0.2) is 0 Å². The van der Waals surface area contributed by atoms with Crippen molar-refractivity contribution in [2.75, 3.05) is 7.11 Å². The molecule has 0 saturated carbocycles. The Morgan fingerprint density at radius 1 is 1.07 bits per heavy atom. The normalized spacial score (nSPS) is 11.4. The standard InChI is InChI=1S/C24H20N4O2/c1-30-22-14-13-18-11-5-6-12-19(18)23(22)20-16-21(27-26-20)24(29)28-25-15-7-10-17-8-3-2-4-9-17/h2-16H,1H3,(H,26,27)(H,28,29)/b10-7+,25-15+. The number of aromatic amines is 1. The second-order valence-electron chi connectivity index (χ2n) is 6.52. The number of rotatable bonds is 6. The quantitative estimate of drug-likeness (QED) is 0.367. The molecule has 6 nitrogen and oxygen atoms in total. The number of hydrogen-bond acceptors (Lipinski definition) is 4. The number of benzene rings is 3. The molecule has 0 atom stereocenters. The summed E-state index contributed by atoms with van der Waals surface area (Å²) in [5.41, 5.74) is 5.32. The summed E-state index contributed by atoms with van der Waals surface area (Å²) in [6.07, 6.45) is 5.18. The van der Waals surface area contributed by atoms with Gasteiger partial charge in [0.1, 0.15) is 11.4 Å². The van der Waals surface area contributed by atoms with Gasteiger partial charge in [-0.3, -0.25) is 9.89 Å². The largest absolute Gasteiger partial charge is 0.496 e. The van der Waals surface area contributed by atoms with Gasteiger partial charge < -0.3 is 4.74 Å². The van der Waals surface area contributed by atoms with Crippen LogP contribution in [0, 0.1) is 0 Å². The van der Waals surface area contributed by atoms with Crippen LogP contribution < -0.4 is 10.2 Å². The van der Waals surface area contributed by atoms with Crippen molar-refractivity contribution in [3.63, 3.8) is 0 Å². The van der Waals surface area contributed by atoms with Gasteiger partial charge in [-0.05, 0) is 34.5 Å². The van der Waals surface area contributed by atoms with Crippen molar-refractivity contribution < 1.29 is 9.53 Å². The van der Waals surface area contributed by atoms with Crippen molar-refractivity contribution in [1.82, 2.24) is 15.6 Å². The van der Waals surface area contributed by atoms with Crippen LogP contribution in [-0.2, 0) is 0 Å². The number of carbonyl (C=O) groups excluding carboxylic acids is 1. The van der Waals surface area contributed by atoms with Gasteiger partial charge in [0, 0.05) is 6.21 Å². The first-order valence-corrected chi connectivity index (χ1v) is 9.43. The first-order valence-electron chi connectivity index (χ1n) is 9.43. The molecule has 0 radical (unpaired) electrons. The van der Waals surface area contributed by atoms with Crippen LogP contribution in [0.4, 0.5) is 0 Å². The Hall–Kier alpha value is -4.19. The second kappa shape index (κ2) is 8.87. The van der Waals surface area contributed by atoms with Crippen LogP contribution in [0.5, 0.6) is 5.75 Å². The highest BCUT2D eigenvalue weighted by atomic mass is 16.5. The van der Waals surface area contributed by atoms with E-state index in [1.165, 1.54) is 6.21 Å². The molecule has 0 aliphatic heterocycles. The van der Waals surface area contributed by atoms with E-state index in [0.29, 0.717) is 17.1 Å². The van der Waals surface area contributed by atoms with Crippen LogP contribution in [0.2, 0.25) is 0 Å². The topological polar surface area (TPSA) is 79.4 Å². The fraction of sp³-hybridized carbons (Fsp3) is 0.0417. The van der Waals surface area contributed by atoms with Crippen LogP contribution in [0.25, 0.3) is 28.1 Å². The lowest BCUT2D eigenvalue weighted by Crippen LogP contribution is -2.17. The summed E-state index contributed by atoms with van der Waals surface area (Å²) in [5, 5.41) is 13.1.